The molecule has 0 saturated carbocycles. The summed E-state index contributed by atoms with van der Waals surface area (Å²) in [6, 6.07) is 6.57. The summed E-state index contributed by atoms with van der Waals surface area (Å²) >= 11 is 2.09. The first-order valence-electron chi connectivity index (χ1n) is 6.57. The van der Waals surface area contributed by atoms with Crippen LogP contribution in [0.3, 0.4) is 0 Å². The minimum atomic E-state index is 0.347. The van der Waals surface area contributed by atoms with Crippen molar-refractivity contribution in [3.63, 3.8) is 0 Å². The van der Waals surface area contributed by atoms with E-state index in [1.165, 1.54) is 24.2 Å². The maximum Gasteiger partial charge on any atom is 0.231 e. The zero-order chi connectivity index (χ0) is 12.4. The van der Waals surface area contributed by atoms with Crippen molar-refractivity contribution in [1.82, 2.24) is 5.32 Å². The van der Waals surface area contributed by atoms with Crippen LogP contribution >= 0.6 is 11.8 Å². The number of benzene rings is 1. The number of fused-ring (bicyclic) bond motifs is 1. The maximum absolute atomic E-state index is 5.41. The van der Waals surface area contributed by atoms with E-state index in [-0.39, 0.29) is 0 Å². The zero-order valence-corrected chi connectivity index (χ0v) is 11.5. The van der Waals surface area contributed by atoms with Crippen LogP contribution < -0.4 is 14.8 Å². The Labute approximate surface area is 112 Å². The second kappa shape index (κ2) is 5.41. The monoisotopic (exact) mass is 265 g/mol. The Hall–Kier alpha value is -0.870. The Morgan fingerprint density at radius 3 is 3.11 bits per heavy atom. The van der Waals surface area contributed by atoms with E-state index in [1.807, 2.05) is 6.07 Å². The molecule has 1 saturated heterocycles. The molecule has 0 radical (unpaired) electrons. The summed E-state index contributed by atoms with van der Waals surface area (Å²) < 4.78 is 10.7. The third-order valence-electron chi connectivity index (χ3n) is 3.57. The number of rotatable bonds is 4. The van der Waals surface area contributed by atoms with Crippen molar-refractivity contribution in [1.29, 1.82) is 0 Å². The third kappa shape index (κ3) is 2.59. The van der Waals surface area contributed by atoms with Crippen LogP contribution in [0.2, 0.25) is 0 Å². The average molecular weight is 265 g/mol. The highest BCUT2D eigenvalue weighted by Crippen LogP contribution is 2.34. The zero-order valence-electron chi connectivity index (χ0n) is 10.6. The molecule has 2 aliphatic rings. The Morgan fingerprint density at radius 1 is 1.39 bits per heavy atom. The number of hydrogen-bond acceptors (Lipinski definition) is 4. The van der Waals surface area contributed by atoms with Crippen LogP contribution in [-0.2, 0) is 0 Å². The van der Waals surface area contributed by atoms with Crippen molar-refractivity contribution in [2.24, 2.45) is 0 Å². The summed E-state index contributed by atoms with van der Waals surface area (Å²) in [5, 5.41) is 4.41. The summed E-state index contributed by atoms with van der Waals surface area (Å²) in [7, 11) is 0. The van der Waals surface area contributed by atoms with Crippen LogP contribution in [0, 0.1) is 0 Å². The van der Waals surface area contributed by atoms with Gasteiger partial charge in [0.1, 0.15) is 0 Å². The first kappa shape index (κ1) is 12.2. The van der Waals surface area contributed by atoms with Gasteiger partial charge in [-0.25, -0.2) is 0 Å². The van der Waals surface area contributed by atoms with Crippen LogP contribution in [0.4, 0.5) is 0 Å². The van der Waals surface area contributed by atoms with Gasteiger partial charge < -0.3 is 14.8 Å². The Morgan fingerprint density at radius 2 is 2.28 bits per heavy atom. The van der Waals surface area contributed by atoms with Crippen LogP contribution in [0.25, 0.3) is 0 Å². The summed E-state index contributed by atoms with van der Waals surface area (Å²) in [4.78, 5) is 0. The van der Waals surface area contributed by atoms with Crippen LogP contribution in [-0.4, -0.2) is 24.3 Å². The van der Waals surface area contributed by atoms with Crippen molar-refractivity contribution < 1.29 is 9.47 Å². The van der Waals surface area contributed by atoms with Gasteiger partial charge in [0.2, 0.25) is 6.79 Å². The smallest absolute Gasteiger partial charge is 0.231 e. The predicted octanol–water partition coefficient (Wildman–Crippen LogP) is 2.96. The van der Waals surface area contributed by atoms with Gasteiger partial charge in [0.15, 0.2) is 11.5 Å². The molecular weight excluding hydrogens is 246 g/mol. The molecule has 0 aliphatic carbocycles. The lowest BCUT2D eigenvalue weighted by molar-refractivity contribution is 0.174. The van der Waals surface area contributed by atoms with Gasteiger partial charge in [0.05, 0.1) is 0 Å². The highest BCUT2D eigenvalue weighted by molar-refractivity contribution is 8.00. The van der Waals surface area contributed by atoms with Crippen molar-refractivity contribution >= 4 is 11.8 Å². The number of hydrogen-bond donors (Lipinski definition) is 1. The molecule has 3 nitrogen and oxygen atoms in total. The first-order chi connectivity index (χ1) is 8.83. The lowest BCUT2D eigenvalue weighted by atomic mass is 10.1. The van der Waals surface area contributed by atoms with Gasteiger partial charge in [-0.3, -0.25) is 0 Å². The fourth-order valence-corrected chi connectivity index (χ4v) is 3.63. The molecule has 4 heteroatoms. The minimum Gasteiger partial charge on any atom is -0.454 e. The number of nitrogens with one attached hydrogen (secondary N) is 1. The molecule has 0 aromatic heterocycles. The van der Waals surface area contributed by atoms with Gasteiger partial charge in [-0.05, 0) is 43.2 Å². The fourth-order valence-electron chi connectivity index (χ4n) is 2.41. The van der Waals surface area contributed by atoms with Crippen LogP contribution in [0.15, 0.2) is 18.2 Å². The molecule has 2 heterocycles. The van der Waals surface area contributed by atoms with E-state index in [0.717, 1.165) is 23.3 Å². The summed E-state index contributed by atoms with van der Waals surface area (Å²) in [5.41, 5.74) is 1.27. The topological polar surface area (TPSA) is 30.5 Å². The maximum atomic E-state index is 5.41. The standard InChI is InChI=1S/C14H19NO2S/c1-10(15-8-12-3-2-6-18-12)11-4-5-13-14(7-11)17-9-16-13/h4-5,7,10,12,15H,2-3,6,8-9H2,1H3. The lowest BCUT2D eigenvalue weighted by Crippen LogP contribution is -2.26. The Balaban J connectivity index is 1.59. The van der Waals surface area contributed by atoms with Gasteiger partial charge in [0, 0.05) is 17.8 Å². The molecule has 2 unspecified atom stereocenters. The summed E-state index contributed by atoms with van der Waals surface area (Å²) in [5.74, 6) is 3.05. The van der Waals surface area contributed by atoms with Crippen molar-refractivity contribution in [3.8, 4) is 11.5 Å². The minimum absolute atomic E-state index is 0.347. The van der Waals surface area contributed by atoms with Gasteiger partial charge >= 0.3 is 0 Å². The Bertz CT molecular complexity index is 418. The molecule has 2 atom stereocenters. The fraction of sp³-hybridized carbons (Fsp3) is 0.571. The summed E-state index contributed by atoms with van der Waals surface area (Å²) in [6.07, 6.45) is 2.72. The van der Waals surface area contributed by atoms with E-state index in [1.54, 1.807) is 0 Å². The quantitative estimate of drug-likeness (QED) is 0.906. The lowest BCUT2D eigenvalue weighted by Gasteiger charge is -2.17. The molecule has 98 valence electrons. The van der Waals surface area contributed by atoms with Gasteiger partial charge in [-0.2, -0.15) is 11.8 Å². The van der Waals surface area contributed by atoms with E-state index in [2.05, 4.69) is 36.1 Å². The SMILES string of the molecule is CC(NCC1CCCS1)c1ccc2c(c1)OCO2. The first-order valence-corrected chi connectivity index (χ1v) is 7.62. The van der Waals surface area contributed by atoms with E-state index in [0.29, 0.717) is 12.8 Å². The van der Waals surface area contributed by atoms with Crippen LogP contribution in [0.5, 0.6) is 11.5 Å². The molecule has 18 heavy (non-hydrogen) atoms. The molecular formula is C14H19NO2S. The van der Waals surface area contributed by atoms with Crippen LogP contribution in [0.1, 0.15) is 31.4 Å². The van der Waals surface area contributed by atoms with Gasteiger partial charge in [-0.15, -0.1) is 0 Å². The summed E-state index contributed by atoms with van der Waals surface area (Å²) in [6.45, 7) is 3.65. The van der Waals surface area contributed by atoms with E-state index in [4.69, 9.17) is 9.47 Å². The highest BCUT2D eigenvalue weighted by Gasteiger charge is 2.18. The molecule has 1 fully saturated rings. The normalized spacial score (nSPS) is 23.3. The highest BCUT2D eigenvalue weighted by atomic mass is 32.2. The van der Waals surface area contributed by atoms with E-state index in [9.17, 15) is 0 Å². The molecule has 1 aromatic carbocycles. The second-order valence-corrected chi connectivity index (χ2v) is 6.29. The molecule has 2 aliphatic heterocycles. The molecule has 1 aromatic rings. The second-order valence-electron chi connectivity index (χ2n) is 4.88. The third-order valence-corrected chi connectivity index (χ3v) is 4.97. The largest absolute Gasteiger partial charge is 0.454 e. The molecule has 0 bridgehead atoms. The number of ether oxygens (including phenoxy) is 2. The number of thioether (sulfide) groups is 1. The van der Waals surface area contributed by atoms with E-state index >= 15 is 0 Å². The van der Waals surface area contributed by atoms with E-state index < -0.39 is 0 Å². The molecule has 0 amide bonds. The predicted molar refractivity (Wildman–Crippen MR) is 74.5 cm³/mol. The van der Waals surface area contributed by atoms with Gasteiger partial charge in [-0.1, -0.05) is 6.07 Å². The van der Waals surface area contributed by atoms with Gasteiger partial charge in [0.25, 0.3) is 0 Å². The Kier molecular flexibility index (Phi) is 3.66. The molecule has 0 spiro atoms. The van der Waals surface area contributed by atoms with Crippen molar-refractivity contribution in [3.05, 3.63) is 23.8 Å². The molecule has 3 rings (SSSR count). The average Bonchev–Trinajstić information content (AvgIpc) is 3.05. The molecule has 1 N–H and O–H groups in total. The van der Waals surface area contributed by atoms with Crippen molar-refractivity contribution in [2.45, 2.75) is 31.1 Å². The van der Waals surface area contributed by atoms with Crippen molar-refractivity contribution in [2.75, 3.05) is 19.1 Å².